The van der Waals surface area contributed by atoms with Crippen molar-refractivity contribution >= 4 is 0 Å². The number of halogens is 1. The lowest BCUT2D eigenvalue weighted by atomic mass is 10.0. The summed E-state index contributed by atoms with van der Waals surface area (Å²) in [6.07, 6.45) is 15.5. The van der Waals surface area contributed by atoms with Crippen molar-refractivity contribution in [3.8, 4) is 0 Å². The van der Waals surface area contributed by atoms with Crippen molar-refractivity contribution in [3.63, 3.8) is 0 Å². The minimum atomic E-state index is 0. The Hall–Kier alpha value is -0.530. The van der Waals surface area contributed by atoms with Crippen molar-refractivity contribution in [2.45, 2.75) is 105 Å². The van der Waals surface area contributed by atoms with Crippen LogP contribution in [0.4, 0.5) is 0 Å². The highest BCUT2D eigenvalue weighted by Gasteiger charge is 2.20. The van der Waals surface area contributed by atoms with E-state index >= 15 is 0 Å². The molecule has 0 heterocycles. The fraction of sp³-hybridized carbons (Fsp3) is 0.760. The second-order valence-electron chi connectivity index (χ2n) is 8.20. The Morgan fingerprint density at radius 2 is 0.963 bits per heavy atom. The molecule has 1 rings (SSSR count). The molecule has 0 saturated carbocycles. The van der Waals surface area contributed by atoms with Crippen molar-refractivity contribution in [1.29, 1.82) is 0 Å². The summed E-state index contributed by atoms with van der Waals surface area (Å²) in [4.78, 5) is 0. The quantitative estimate of drug-likeness (QED) is 0.285. The molecule has 0 N–H and O–H groups in total. The molecule has 0 aliphatic heterocycles. The van der Waals surface area contributed by atoms with Gasteiger partial charge in [0.05, 0.1) is 19.6 Å². The second kappa shape index (κ2) is 16.4. The van der Waals surface area contributed by atoms with E-state index in [0.29, 0.717) is 0 Å². The Bertz CT molecular complexity index is 428. The molecule has 0 unspecified atom stereocenters. The predicted molar refractivity (Wildman–Crippen MR) is 118 cm³/mol. The Morgan fingerprint density at radius 3 is 1.41 bits per heavy atom. The van der Waals surface area contributed by atoms with Gasteiger partial charge in [0.1, 0.15) is 6.54 Å². The fourth-order valence-electron chi connectivity index (χ4n) is 4.02. The van der Waals surface area contributed by atoms with Gasteiger partial charge in [-0.3, -0.25) is 0 Å². The zero-order chi connectivity index (χ0) is 19.1. The number of hydrogen-bond acceptors (Lipinski definition) is 0. The van der Waals surface area contributed by atoms with Crippen LogP contribution in [0.3, 0.4) is 0 Å². The lowest BCUT2D eigenvalue weighted by Crippen LogP contribution is -3.00. The smallest absolute Gasteiger partial charge is 0.104 e. The first kappa shape index (κ1) is 26.5. The third-order valence-electron chi connectivity index (χ3n) is 6.37. The first-order chi connectivity index (χ1) is 12.7. The van der Waals surface area contributed by atoms with Crippen molar-refractivity contribution in [3.05, 3.63) is 35.4 Å². The number of aryl methyl sites for hydroxylation is 1. The van der Waals surface area contributed by atoms with E-state index in [-0.39, 0.29) is 12.4 Å². The summed E-state index contributed by atoms with van der Waals surface area (Å²) in [6.45, 7) is 14.1. The summed E-state index contributed by atoms with van der Waals surface area (Å²) in [5, 5.41) is 0. The van der Waals surface area contributed by atoms with Gasteiger partial charge in [-0.25, -0.2) is 0 Å². The Balaban J connectivity index is 0.00000676. The maximum atomic E-state index is 2.37. The number of nitrogens with zero attached hydrogens (tertiary/aromatic N) is 1. The molecule has 1 nitrogen and oxygen atoms in total. The number of benzene rings is 1. The molecule has 0 aliphatic rings. The number of hydrogen-bond donors (Lipinski definition) is 0. The highest BCUT2D eigenvalue weighted by molar-refractivity contribution is 5.22. The molecule has 1 aromatic carbocycles. The summed E-state index contributed by atoms with van der Waals surface area (Å²) in [6, 6.07) is 9.50. The van der Waals surface area contributed by atoms with Crippen LogP contribution in [-0.2, 0) is 13.0 Å². The van der Waals surface area contributed by atoms with Crippen LogP contribution in [0.1, 0.15) is 103 Å². The van der Waals surface area contributed by atoms with Gasteiger partial charge in [-0.1, -0.05) is 89.0 Å². The van der Waals surface area contributed by atoms with Gasteiger partial charge in [0, 0.05) is 5.56 Å². The lowest BCUT2D eigenvalue weighted by Gasteiger charge is -2.35. The second-order valence-corrected chi connectivity index (χ2v) is 8.20. The Morgan fingerprint density at radius 1 is 0.556 bits per heavy atom. The zero-order valence-corrected chi connectivity index (χ0v) is 19.5. The summed E-state index contributed by atoms with van der Waals surface area (Å²) in [5.74, 6) is 0. The van der Waals surface area contributed by atoms with Crippen molar-refractivity contribution < 1.29 is 16.9 Å². The van der Waals surface area contributed by atoms with E-state index in [1.807, 2.05) is 0 Å². The topological polar surface area (TPSA) is 0 Å². The summed E-state index contributed by atoms with van der Waals surface area (Å²) < 4.78 is 1.21. The van der Waals surface area contributed by atoms with E-state index in [1.165, 1.54) is 112 Å². The molecular formula is C25H46ClN. The molecule has 158 valence electrons. The molecule has 0 aromatic heterocycles. The van der Waals surface area contributed by atoms with E-state index in [0.717, 1.165) is 0 Å². The molecule has 1 aromatic rings. The van der Waals surface area contributed by atoms with Crippen LogP contribution >= 0.6 is 0 Å². The minimum Gasteiger partial charge on any atom is -1.00 e. The van der Waals surface area contributed by atoms with Gasteiger partial charge in [0.2, 0.25) is 0 Å². The average Bonchev–Trinajstić information content (AvgIpc) is 2.69. The van der Waals surface area contributed by atoms with Gasteiger partial charge >= 0.3 is 0 Å². The molecule has 0 atom stereocenters. The SMILES string of the molecule is CCCCCCCCCCCCc1ccc(C[N+](CC)(CC)CC)cc1.[Cl-]. The molecule has 0 saturated heterocycles. The third kappa shape index (κ3) is 11.2. The average molecular weight is 396 g/mol. The maximum absolute atomic E-state index is 2.37. The van der Waals surface area contributed by atoms with Crippen LogP contribution in [-0.4, -0.2) is 24.1 Å². The molecule has 0 spiro atoms. The molecule has 2 heteroatoms. The van der Waals surface area contributed by atoms with E-state index in [4.69, 9.17) is 0 Å². The van der Waals surface area contributed by atoms with Crippen LogP contribution in [0.15, 0.2) is 24.3 Å². The largest absolute Gasteiger partial charge is 1.00 e. The standard InChI is InChI=1S/C25H46N.ClH/c1-5-9-10-11-12-13-14-15-16-17-18-24-19-21-25(22-20-24)23-26(6-2,7-3)8-4;/h19-22H,5-18,23H2,1-4H3;1H/q+1;/p-1. The van der Waals surface area contributed by atoms with E-state index in [9.17, 15) is 0 Å². The Kier molecular flexibility index (Phi) is 16.1. The van der Waals surface area contributed by atoms with Crippen LogP contribution in [0.25, 0.3) is 0 Å². The molecule has 27 heavy (non-hydrogen) atoms. The van der Waals surface area contributed by atoms with Gasteiger partial charge in [-0.05, 0) is 39.2 Å². The van der Waals surface area contributed by atoms with Gasteiger partial charge < -0.3 is 16.9 Å². The minimum absolute atomic E-state index is 0. The third-order valence-corrected chi connectivity index (χ3v) is 6.37. The van der Waals surface area contributed by atoms with Crippen molar-refractivity contribution in [2.24, 2.45) is 0 Å². The summed E-state index contributed by atoms with van der Waals surface area (Å²) in [5.41, 5.74) is 3.03. The highest BCUT2D eigenvalue weighted by atomic mass is 35.5. The first-order valence-corrected chi connectivity index (χ1v) is 11.6. The van der Waals surface area contributed by atoms with E-state index < -0.39 is 0 Å². The van der Waals surface area contributed by atoms with E-state index in [1.54, 1.807) is 0 Å². The molecule has 0 aliphatic carbocycles. The molecule has 0 bridgehead atoms. The van der Waals surface area contributed by atoms with Crippen LogP contribution < -0.4 is 12.4 Å². The van der Waals surface area contributed by atoms with E-state index in [2.05, 4.69) is 52.0 Å². The maximum Gasteiger partial charge on any atom is 0.104 e. The van der Waals surface area contributed by atoms with Gasteiger partial charge in [0.25, 0.3) is 0 Å². The summed E-state index contributed by atoms with van der Waals surface area (Å²) >= 11 is 0. The Labute approximate surface area is 176 Å². The zero-order valence-electron chi connectivity index (χ0n) is 18.7. The summed E-state index contributed by atoms with van der Waals surface area (Å²) in [7, 11) is 0. The lowest BCUT2D eigenvalue weighted by molar-refractivity contribution is -0.936. The van der Waals surface area contributed by atoms with Crippen molar-refractivity contribution in [1.82, 2.24) is 0 Å². The van der Waals surface area contributed by atoms with Crippen LogP contribution in [0.5, 0.6) is 0 Å². The monoisotopic (exact) mass is 395 g/mol. The molecule has 0 amide bonds. The first-order valence-electron chi connectivity index (χ1n) is 11.6. The van der Waals surface area contributed by atoms with Gasteiger partial charge in [0.15, 0.2) is 0 Å². The van der Waals surface area contributed by atoms with Gasteiger partial charge in [-0.15, -0.1) is 0 Å². The molecular weight excluding hydrogens is 350 g/mol. The highest BCUT2D eigenvalue weighted by Crippen LogP contribution is 2.17. The number of unbranched alkanes of at least 4 members (excludes halogenated alkanes) is 9. The normalized spacial score (nSPS) is 11.4. The molecule has 0 fully saturated rings. The predicted octanol–water partition coefficient (Wildman–Crippen LogP) is 4.53. The van der Waals surface area contributed by atoms with Gasteiger partial charge in [-0.2, -0.15) is 0 Å². The van der Waals surface area contributed by atoms with Crippen molar-refractivity contribution in [2.75, 3.05) is 19.6 Å². The fourth-order valence-corrected chi connectivity index (χ4v) is 4.02. The number of rotatable bonds is 16. The number of quaternary nitrogens is 1. The molecule has 0 radical (unpaired) electrons. The van der Waals surface area contributed by atoms with Crippen LogP contribution in [0, 0.1) is 0 Å². The van der Waals surface area contributed by atoms with Crippen LogP contribution in [0.2, 0.25) is 0 Å².